The van der Waals surface area contributed by atoms with Crippen molar-refractivity contribution in [3.8, 4) is 5.75 Å². The fraction of sp³-hybridized carbons (Fsp3) is 0.0625. The summed E-state index contributed by atoms with van der Waals surface area (Å²) in [7, 11) is 0. The van der Waals surface area contributed by atoms with E-state index in [0.29, 0.717) is 0 Å². The molecule has 2 aromatic carbocycles. The van der Waals surface area contributed by atoms with E-state index in [1.165, 1.54) is 36.4 Å². The highest BCUT2D eigenvalue weighted by Crippen LogP contribution is 2.36. The van der Waals surface area contributed by atoms with Gasteiger partial charge in [-0.2, -0.15) is 13.2 Å². The Morgan fingerprint density at radius 2 is 1.71 bits per heavy atom. The van der Waals surface area contributed by atoms with E-state index in [2.05, 4.69) is 4.74 Å². The molecular weight excluding hydrogens is 327 g/mol. The van der Waals surface area contributed by atoms with Crippen molar-refractivity contribution in [3.63, 3.8) is 0 Å². The van der Waals surface area contributed by atoms with Gasteiger partial charge in [-0.05, 0) is 24.3 Å². The highest BCUT2D eigenvalue weighted by atomic mass is 19.4. The summed E-state index contributed by atoms with van der Waals surface area (Å²) in [6.45, 7) is 0. The summed E-state index contributed by atoms with van der Waals surface area (Å²) >= 11 is 0. The maximum Gasteiger partial charge on any atom is 0.419 e. The lowest BCUT2D eigenvalue weighted by Gasteiger charge is -2.11. The number of esters is 1. The maximum atomic E-state index is 12.8. The maximum absolute atomic E-state index is 12.8. The molecule has 0 aliphatic carbocycles. The summed E-state index contributed by atoms with van der Waals surface area (Å²) in [4.78, 5) is 21.9. The van der Waals surface area contributed by atoms with Gasteiger partial charge in [-0.1, -0.05) is 24.3 Å². The molecule has 0 aliphatic rings. The molecule has 0 radical (unpaired) electrons. The Morgan fingerprint density at radius 1 is 1.08 bits per heavy atom. The van der Waals surface area contributed by atoms with Crippen LogP contribution < -0.4 is 4.74 Å². The molecule has 24 heavy (non-hydrogen) atoms. The van der Waals surface area contributed by atoms with Crippen LogP contribution in [0.5, 0.6) is 5.75 Å². The predicted molar refractivity (Wildman–Crippen MR) is 79.2 cm³/mol. The van der Waals surface area contributed by atoms with Gasteiger partial charge in [0.05, 0.1) is 16.1 Å². The normalized spacial score (nSPS) is 11.5. The second-order valence-corrected chi connectivity index (χ2v) is 4.56. The quantitative estimate of drug-likeness (QED) is 0.275. The molecule has 0 bridgehead atoms. The summed E-state index contributed by atoms with van der Waals surface area (Å²) in [6.07, 6.45) is -2.73. The van der Waals surface area contributed by atoms with Crippen LogP contribution in [0.15, 0.2) is 54.6 Å². The van der Waals surface area contributed by atoms with E-state index in [0.717, 1.165) is 24.3 Å². The molecule has 5 nitrogen and oxygen atoms in total. The fourth-order valence-corrected chi connectivity index (χ4v) is 1.88. The van der Waals surface area contributed by atoms with Crippen LogP contribution in [0.3, 0.4) is 0 Å². The molecule has 0 heterocycles. The van der Waals surface area contributed by atoms with Crippen molar-refractivity contribution in [2.45, 2.75) is 6.18 Å². The highest BCUT2D eigenvalue weighted by molar-refractivity contribution is 5.89. The van der Waals surface area contributed by atoms with Crippen molar-refractivity contribution >= 4 is 17.7 Å². The molecule has 0 aromatic heterocycles. The van der Waals surface area contributed by atoms with Crippen molar-refractivity contribution in [2.24, 2.45) is 0 Å². The lowest BCUT2D eigenvalue weighted by Crippen LogP contribution is -2.11. The number of ether oxygens (including phenoxy) is 1. The Hall–Kier alpha value is -3.16. The summed E-state index contributed by atoms with van der Waals surface area (Å²) in [5.41, 5.74) is -1.20. The van der Waals surface area contributed by atoms with Gasteiger partial charge in [-0.25, -0.2) is 4.79 Å². The lowest BCUT2D eigenvalue weighted by molar-refractivity contribution is -0.385. The first-order chi connectivity index (χ1) is 11.3. The number of benzene rings is 2. The highest BCUT2D eigenvalue weighted by Gasteiger charge is 2.34. The molecule has 0 saturated heterocycles. The zero-order valence-corrected chi connectivity index (χ0v) is 12.0. The van der Waals surface area contributed by atoms with E-state index < -0.39 is 28.4 Å². The largest absolute Gasteiger partial charge is 0.423 e. The van der Waals surface area contributed by atoms with Crippen LogP contribution in [0.4, 0.5) is 18.9 Å². The fourth-order valence-electron chi connectivity index (χ4n) is 1.88. The van der Waals surface area contributed by atoms with Gasteiger partial charge in [-0.3, -0.25) is 10.1 Å². The van der Waals surface area contributed by atoms with E-state index in [9.17, 15) is 28.1 Å². The number of rotatable bonds is 4. The number of para-hydroxylation sites is 2. The third-order valence-electron chi connectivity index (χ3n) is 2.94. The summed E-state index contributed by atoms with van der Waals surface area (Å²) < 4.78 is 43.1. The van der Waals surface area contributed by atoms with E-state index in [4.69, 9.17) is 0 Å². The summed E-state index contributed by atoms with van der Waals surface area (Å²) in [5.74, 6) is -1.72. The Balaban J connectivity index is 2.20. The molecular formula is C16H10F3NO4. The lowest BCUT2D eigenvalue weighted by atomic mass is 10.1. The molecule has 0 N–H and O–H groups in total. The minimum Gasteiger partial charge on any atom is -0.423 e. The minimum atomic E-state index is -4.67. The van der Waals surface area contributed by atoms with Gasteiger partial charge in [0.1, 0.15) is 5.75 Å². The first-order valence-electron chi connectivity index (χ1n) is 6.58. The zero-order valence-electron chi connectivity index (χ0n) is 12.0. The number of nitro groups is 1. The molecule has 2 rings (SSSR count). The van der Waals surface area contributed by atoms with Crippen LogP contribution in [0, 0.1) is 10.1 Å². The van der Waals surface area contributed by atoms with Crippen molar-refractivity contribution < 1.29 is 27.6 Å². The Bertz CT molecular complexity index is 800. The molecule has 0 amide bonds. The Morgan fingerprint density at radius 3 is 2.38 bits per heavy atom. The van der Waals surface area contributed by atoms with Gasteiger partial charge in [0, 0.05) is 12.1 Å². The standard InChI is InChI=1S/C16H10F3NO4/c17-16(18,19)12-6-2-4-8-14(12)24-15(21)10-9-11-5-1-3-7-13(11)20(22)23/h1-10H/b10-9+. The van der Waals surface area contributed by atoms with Crippen molar-refractivity contribution in [1.29, 1.82) is 0 Å². The van der Waals surface area contributed by atoms with Crippen LogP contribution in [0.1, 0.15) is 11.1 Å². The first-order valence-corrected chi connectivity index (χ1v) is 6.58. The van der Waals surface area contributed by atoms with Gasteiger partial charge < -0.3 is 4.74 Å². The SMILES string of the molecule is O=C(/C=C/c1ccccc1[N+](=O)[O-])Oc1ccccc1C(F)(F)F. The average molecular weight is 337 g/mol. The Labute approximate surface area is 134 Å². The summed E-state index contributed by atoms with van der Waals surface area (Å²) in [5, 5.41) is 10.8. The zero-order chi connectivity index (χ0) is 17.7. The molecule has 0 fully saturated rings. The Kier molecular flexibility index (Phi) is 4.98. The van der Waals surface area contributed by atoms with E-state index >= 15 is 0 Å². The van der Waals surface area contributed by atoms with Crippen LogP contribution >= 0.6 is 0 Å². The molecule has 0 unspecified atom stereocenters. The van der Waals surface area contributed by atoms with Crippen LogP contribution in [-0.4, -0.2) is 10.9 Å². The number of carbonyl (C=O) groups excluding carboxylic acids is 1. The van der Waals surface area contributed by atoms with Gasteiger partial charge in [0.25, 0.3) is 5.69 Å². The monoisotopic (exact) mass is 337 g/mol. The van der Waals surface area contributed by atoms with Gasteiger partial charge >= 0.3 is 12.1 Å². The predicted octanol–water partition coefficient (Wildman–Crippen LogP) is 4.23. The number of hydrogen-bond acceptors (Lipinski definition) is 4. The van der Waals surface area contributed by atoms with Crippen molar-refractivity contribution in [2.75, 3.05) is 0 Å². The average Bonchev–Trinajstić information content (AvgIpc) is 2.52. The van der Waals surface area contributed by atoms with Gasteiger partial charge in [0.2, 0.25) is 0 Å². The third-order valence-corrected chi connectivity index (χ3v) is 2.94. The number of hydrogen-bond donors (Lipinski definition) is 0. The number of nitro benzene ring substituents is 1. The third kappa shape index (κ3) is 4.19. The molecule has 0 spiro atoms. The molecule has 0 atom stereocenters. The molecule has 0 aliphatic heterocycles. The van der Waals surface area contributed by atoms with Crippen LogP contribution in [0.25, 0.3) is 6.08 Å². The van der Waals surface area contributed by atoms with Crippen LogP contribution in [0.2, 0.25) is 0 Å². The van der Waals surface area contributed by atoms with Gasteiger partial charge in [-0.15, -0.1) is 0 Å². The van der Waals surface area contributed by atoms with Crippen LogP contribution in [-0.2, 0) is 11.0 Å². The molecule has 8 heteroatoms. The number of nitrogens with zero attached hydrogens (tertiary/aromatic N) is 1. The van der Waals surface area contributed by atoms with E-state index in [-0.39, 0.29) is 11.3 Å². The number of halogens is 3. The van der Waals surface area contributed by atoms with E-state index in [1.807, 2.05) is 0 Å². The summed E-state index contributed by atoms with van der Waals surface area (Å²) in [6, 6.07) is 9.88. The number of alkyl halides is 3. The number of carbonyl (C=O) groups is 1. The second-order valence-electron chi connectivity index (χ2n) is 4.56. The van der Waals surface area contributed by atoms with Gasteiger partial charge in [0.15, 0.2) is 0 Å². The smallest absolute Gasteiger partial charge is 0.419 e. The molecule has 124 valence electrons. The molecule has 2 aromatic rings. The minimum absolute atomic E-state index is 0.128. The topological polar surface area (TPSA) is 69.4 Å². The molecule has 0 saturated carbocycles. The van der Waals surface area contributed by atoms with Crippen molar-refractivity contribution in [1.82, 2.24) is 0 Å². The van der Waals surface area contributed by atoms with Crippen molar-refractivity contribution in [3.05, 3.63) is 75.8 Å². The second kappa shape index (κ2) is 6.95. The van der Waals surface area contributed by atoms with E-state index in [1.54, 1.807) is 0 Å². The first kappa shape index (κ1) is 17.2.